The molecule has 2 rings (SSSR count). The zero-order chi connectivity index (χ0) is 11.4. The van der Waals surface area contributed by atoms with E-state index >= 15 is 0 Å². The Balaban J connectivity index is 1.80. The second-order valence-corrected chi connectivity index (χ2v) is 4.35. The van der Waals surface area contributed by atoms with Crippen molar-refractivity contribution in [1.29, 1.82) is 0 Å². The molecule has 0 aliphatic heterocycles. The molecular formula is C13H19NO2. The molecule has 16 heavy (non-hydrogen) atoms. The molecule has 0 spiro atoms. The fourth-order valence-electron chi connectivity index (χ4n) is 2.20. The van der Waals surface area contributed by atoms with Crippen molar-refractivity contribution in [2.75, 3.05) is 7.05 Å². The first kappa shape index (κ1) is 11.6. The smallest absolute Gasteiger partial charge is 0.0720 e. The highest BCUT2D eigenvalue weighted by Crippen LogP contribution is 2.23. The van der Waals surface area contributed by atoms with Gasteiger partial charge in [-0.25, -0.2) is 0 Å². The number of rotatable bonds is 4. The normalized spacial score (nSPS) is 29.5. The lowest BCUT2D eigenvalue weighted by Crippen LogP contribution is -2.32. The van der Waals surface area contributed by atoms with Crippen molar-refractivity contribution in [3.63, 3.8) is 0 Å². The van der Waals surface area contributed by atoms with Crippen molar-refractivity contribution in [2.45, 2.75) is 37.7 Å². The van der Waals surface area contributed by atoms with Crippen LogP contribution >= 0.6 is 0 Å². The molecule has 0 amide bonds. The van der Waals surface area contributed by atoms with Gasteiger partial charge in [-0.2, -0.15) is 0 Å². The number of ether oxygens (including phenoxy) is 1. The van der Waals surface area contributed by atoms with Gasteiger partial charge in [0, 0.05) is 12.5 Å². The predicted octanol–water partition coefficient (Wildman–Crippen LogP) is 1.31. The van der Waals surface area contributed by atoms with Crippen LogP contribution in [0.3, 0.4) is 0 Å². The summed E-state index contributed by atoms with van der Waals surface area (Å²) in [5.74, 6) is 0. The quantitative estimate of drug-likeness (QED) is 0.805. The van der Waals surface area contributed by atoms with E-state index in [2.05, 4.69) is 17.4 Å². The Kier molecular flexibility index (Phi) is 3.93. The van der Waals surface area contributed by atoms with E-state index < -0.39 is 0 Å². The van der Waals surface area contributed by atoms with Gasteiger partial charge < -0.3 is 15.2 Å². The molecule has 88 valence electrons. The summed E-state index contributed by atoms with van der Waals surface area (Å²) in [5, 5.41) is 12.8. The average Bonchev–Trinajstić information content (AvgIpc) is 2.69. The Morgan fingerprint density at radius 1 is 1.31 bits per heavy atom. The molecule has 2 N–H and O–H groups in total. The minimum atomic E-state index is -0.272. The van der Waals surface area contributed by atoms with Crippen molar-refractivity contribution in [3.8, 4) is 0 Å². The lowest BCUT2D eigenvalue weighted by molar-refractivity contribution is 0.0357. The second-order valence-electron chi connectivity index (χ2n) is 4.35. The minimum Gasteiger partial charge on any atom is -0.391 e. The van der Waals surface area contributed by atoms with E-state index in [1.165, 1.54) is 5.56 Å². The second kappa shape index (κ2) is 5.43. The molecular weight excluding hydrogens is 202 g/mol. The number of aliphatic hydroxyl groups is 1. The molecule has 0 heterocycles. The number of hydrogen-bond donors (Lipinski definition) is 2. The first-order chi connectivity index (χ1) is 7.79. The summed E-state index contributed by atoms with van der Waals surface area (Å²) in [6.45, 7) is 0.634. The van der Waals surface area contributed by atoms with Gasteiger partial charge in [0.2, 0.25) is 0 Å². The molecule has 0 radical (unpaired) electrons. The van der Waals surface area contributed by atoms with Crippen LogP contribution in [0.2, 0.25) is 0 Å². The van der Waals surface area contributed by atoms with E-state index in [0.717, 1.165) is 12.8 Å². The van der Waals surface area contributed by atoms with Crippen LogP contribution in [-0.4, -0.2) is 30.4 Å². The number of likely N-dealkylation sites (N-methyl/N-ethyl adjacent to an activating group) is 1. The summed E-state index contributed by atoms with van der Waals surface area (Å²) in [4.78, 5) is 0. The van der Waals surface area contributed by atoms with Gasteiger partial charge in [-0.3, -0.25) is 0 Å². The third-order valence-corrected chi connectivity index (χ3v) is 3.18. The topological polar surface area (TPSA) is 41.5 Å². The number of hydrogen-bond acceptors (Lipinski definition) is 3. The van der Waals surface area contributed by atoms with Crippen LogP contribution in [0.25, 0.3) is 0 Å². The highest BCUT2D eigenvalue weighted by Gasteiger charge is 2.32. The molecule has 0 bridgehead atoms. The molecule has 3 nitrogen and oxygen atoms in total. The van der Waals surface area contributed by atoms with Gasteiger partial charge >= 0.3 is 0 Å². The van der Waals surface area contributed by atoms with Crippen LogP contribution in [0.4, 0.5) is 0 Å². The fourth-order valence-corrected chi connectivity index (χ4v) is 2.20. The number of aliphatic hydroxyl groups excluding tert-OH is 1. The number of nitrogens with one attached hydrogen (secondary N) is 1. The Morgan fingerprint density at radius 2 is 2.06 bits per heavy atom. The van der Waals surface area contributed by atoms with Crippen LogP contribution in [-0.2, 0) is 11.3 Å². The summed E-state index contributed by atoms with van der Waals surface area (Å²) < 4.78 is 5.79. The monoisotopic (exact) mass is 221 g/mol. The summed E-state index contributed by atoms with van der Waals surface area (Å²) in [6, 6.07) is 10.3. The Morgan fingerprint density at radius 3 is 2.69 bits per heavy atom. The largest absolute Gasteiger partial charge is 0.391 e. The van der Waals surface area contributed by atoms with E-state index in [-0.39, 0.29) is 18.2 Å². The zero-order valence-electron chi connectivity index (χ0n) is 9.60. The number of benzene rings is 1. The van der Waals surface area contributed by atoms with E-state index in [9.17, 15) is 5.11 Å². The highest BCUT2D eigenvalue weighted by atomic mass is 16.5. The van der Waals surface area contributed by atoms with Crippen molar-refractivity contribution in [1.82, 2.24) is 5.32 Å². The summed E-state index contributed by atoms with van der Waals surface area (Å²) in [7, 11) is 1.88. The van der Waals surface area contributed by atoms with Crippen LogP contribution in [0, 0.1) is 0 Å². The Labute approximate surface area is 96.4 Å². The molecule has 0 unspecified atom stereocenters. The van der Waals surface area contributed by atoms with E-state index in [1.54, 1.807) is 0 Å². The van der Waals surface area contributed by atoms with E-state index in [4.69, 9.17) is 4.74 Å². The Hall–Kier alpha value is -0.900. The van der Waals surface area contributed by atoms with Crippen molar-refractivity contribution < 1.29 is 9.84 Å². The average molecular weight is 221 g/mol. The maximum atomic E-state index is 9.71. The standard InChI is InChI=1S/C13H19NO2/c1-14-12-7-11(8-13(12)15)16-9-10-5-3-2-4-6-10/h2-6,11-15H,7-9H2,1H3/t11-,12-,13-/m0/s1. The first-order valence-electron chi connectivity index (χ1n) is 5.80. The van der Waals surface area contributed by atoms with Crippen LogP contribution in [0.15, 0.2) is 30.3 Å². The lowest BCUT2D eigenvalue weighted by Gasteiger charge is -2.12. The van der Waals surface area contributed by atoms with Crippen LogP contribution < -0.4 is 5.32 Å². The van der Waals surface area contributed by atoms with Crippen LogP contribution in [0.1, 0.15) is 18.4 Å². The summed E-state index contributed by atoms with van der Waals surface area (Å²) >= 11 is 0. The third kappa shape index (κ3) is 2.82. The highest BCUT2D eigenvalue weighted by molar-refractivity contribution is 5.13. The summed E-state index contributed by atoms with van der Waals surface area (Å²) in [5.41, 5.74) is 1.19. The zero-order valence-corrected chi connectivity index (χ0v) is 9.60. The minimum absolute atomic E-state index is 0.174. The molecule has 3 heteroatoms. The molecule has 0 aromatic heterocycles. The molecule has 1 aromatic rings. The van der Waals surface area contributed by atoms with Gasteiger partial charge in [-0.15, -0.1) is 0 Å². The van der Waals surface area contributed by atoms with Crippen molar-refractivity contribution >= 4 is 0 Å². The molecule has 1 saturated carbocycles. The van der Waals surface area contributed by atoms with Gasteiger partial charge in [-0.05, 0) is 19.0 Å². The lowest BCUT2D eigenvalue weighted by atomic mass is 10.2. The first-order valence-corrected chi connectivity index (χ1v) is 5.80. The third-order valence-electron chi connectivity index (χ3n) is 3.18. The van der Waals surface area contributed by atoms with Crippen molar-refractivity contribution in [2.24, 2.45) is 0 Å². The molecule has 1 aliphatic carbocycles. The maximum Gasteiger partial charge on any atom is 0.0720 e. The van der Waals surface area contributed by atoms with Crippen molar-refractivity contribution in [3.05, 3.63) is 35.9 Å². The fraction of sp³-hybridized carbons (Fsp3) is 0.538. The molecule has 1 aliphatic rings. The van der Waals surface area contributed by atoms with Gasteiger partial charge in [0.25, 0.3) is 0 Å². The van der Waals surface area contributed by atoms with E-state index in [0.29, 0.717) is 6.61 Å². The van der Waals surface area contributed by atoms with Crippen LogP contribution in [0.5, 0.6) is 0 Å². The predicted molar refractivity (Wildman–Crippen MR) is 63.1 cm³/mol. The Bertz CT molecular complexity index is 315. The summed E-state index contributed by atoms with van der Waals surface area (Å²) in [6.07, 6.45) is 1.53. The molecule has 1 aromatic carbocycles. The molecule has 3 atom stereocenters. The van der Waals surface area contributed by atoms with Gasteiger partial charge in [0.1, 0.15) is 0 Å². The van der Waals surface area contributed by atoms with E-state index in [1.807, 2.05) is 25.2 Å². The molecule has 1 fully saturated rings. The SMILES string of the molecule is CN[C@H]1C[C@H](OCc2ccccc2)C[C@@H]1O. The maximum absolute atomic E-state index is 9.71. The van der Waals surface area contributed by atoms with Gasteiger partial charge in [0.15, 0.2) is 0 Å². The van der Waals surface area contributed by atoms with Gasteiger partial charge in [-0.1, -0.05) is 30.3 Å². The van der Waals surface area contributed by atoms with Gasteiger partial charge in [0.05, 0.1) is 18.8 Å². The molecule has 0 saturated heterocycles.